The van der Waals surface area contributed by atoms with Crippen LogP contribution in [-0.2, 0) is 6.42 Å². The highest BCUT2D eigenvalue weighted by Gasteiger charge is 2.15. The smallest absolute Gasteiger partial charge is 0.255 e. The van der Waals surface area contributed by atoms with Crippen LogP contribution >= 0.6 is 15.9 Å². The van der Waals surface area contributed by atoms with Gasteiger partial charge >= 0.3 is 0 Å². The maximum Gasteiger partial charge on any atom is 0.255 e. The molecule has 0 aromatic heterocycles. The average Bonchev–Trinajstić information content (AvgIpc) is 2.90. The molecule has 0 radical (unpaired) electrons. The first kappa shape index (κ1) is 13.1. The molecular formula is C15H11BrFNO2. The van der Waals surface area contributed by atoms with Crippen LogP contribution in [0.3, 0.4) is 0 Å². The molecular weight excluding hydrogens is 325 g/mol. The summed E-state index contributed by atoms with van der Waals surface area (Å²) in [5.74, 6) is 0.155. The number of nitrogens with one attached hydrogen (secondary N) is 1. The Morgan fingerprint density at radius 1 is 1.25 bits per heavy atom. The van der Waals surface area contributed by atoms with Gasteiger partial charge in [0.05, 0.1) is 11.1 Å². The Morgan fingerprint density at radius 2 is 2.10 bits per heavy atom. The van der Waals surface area contributed by atoms with E-state index in [4.69, 9.17) is 4.74 Å². The van der Waals surface area contributed by atoms with E-state index in [1.54, 1.807) is 24.3 Å². The number of benzene rings is 2. The van der Waals surface area contributed by atoms with Crippen LogP contribution in [0.2, 0.25) is 0 Å². The molecule has 0 bridgehead atoms. The molecule has 2 aromatic rings. The number of hydrogen-bond donors (Lipinski definition) is 1. The van der Waals surface area contributed by atoms with Gasteiger partial charge in [0, 0.05) is 17.7 Å². The second kappa shape index (κ2) is 5.25. The Kier molecular flexibility index (Phi) is 3.44. The summed E-state index contributed by atoms with van der Waals surface area (Å²) < 4.78 is 19.2. The van der Waals surface area contributed by atoms with Crippen molar-refractivity contribution in [1.29, 1.82) is 0 Å². The van der Waals surface area contributed by atoms with Crippen LogP contribution in [0.1, 0.15) is 15.9 Å². The van der Waals surface area contributed by atoms with Crippen LogP contribution < -0.4 is 10.1 Å². The van der Waals surface area contributed by atoms with Gasteiger partial charge in [-0.25, -0.2) is 4.39 Å². The van der Waals surface area contributed by atoms with E-state index >= 15 is 0 Å². The number of halogens is 2. The third kappa shape index (κ3) is 2.54. The maximum atomic E-state index is 13.4. The van der Waals surface area contributed by atoms with Crippen molar-refractivity contribution < 1.29 is 13.9 Å². The summed E-state index contributed by atoms with van der Waals surface area (Å²) >= 11 is 3.07. The lowest BCUT2D eigenvalue weighted by Gasteiger charge is -2.07. The summed E-state index contributed by atoms with van der Waals surface area (Å²) in [4.78, 5) is 12.1. The molecule has 2 aromatic carbocycles. The first-order valence-electron chi connectivity index (χ1n) is 6.15. The summed E-state index contributed by atoms with van der Waals surface area (Å²) in [6, 6.07) is 9.78. The number of carbonyl (C=O) groups is 1. The second-order valence-electron chi connectivity index (χ2n) is 4.50. The molecule has 20 heavy (non-hydrogen) atoms. The minimum Gasteiger partial charge on any atom is -0.493 e. The van der Waals surface area contributed by atoms with E-state index in [2.05, 4.69) is 21.2 Å². The molecule has 1 aliphatic heterocycles. The Bertz CT molecular complexity index is 688. The molecule has 1 N–H and O–H groups in total. The number of carbonyl (C=O) groups excluding carboxylic acids is 1. The van der Waals surface area contributed by atoms with Crippen LogP contribution in [0, 0.1) is 5.82 Å². The zero-order chi connectivity index (χ0) is 14.1. The van der Waals surface area contributed by atoms with E-state index in [9.17, 15) is 9.18 Å². The standard InChI is InChI=1S/C15H11BrFNO2/c16-12-3-2-11(8-13(12)17)18-15(19)10-1-4-14-9(7-10)5-6-20-14/h1-4,7-8H,5-6H2,(H,18,19). The predicted octanol–water partition coefficient (Wildman–Crippen LogP) is 3.78. The van der Waals surface area contributed by atoms with Gasteiger partial charge in [-0.3, -0.25) is 4.79 Å². The third-order valence-corrected chi connectivity index (χ3v) is 3.77. The van der Waals surface area contributed by atoms with Gasteiger partial charge in [-0.15, -0.1) is 0 Å². The fourth-order valence-electron chi connectivity index (χ4n) is 2.10. The summed E-state index contributed by atoms with van der Waals surface area (Å²) in [7, 11) is 0. The molecule has 102 valence electrons. The van der Waals surface area contributed by atoms with Gasteiger partial charge in [0.2, 0.25) is 0 Å². The SMILES string of the molecule is O=C(Nc1ccc(Br)c(F)c1)c1ccc2c(c1)CCO2. The average molecular weight is 336 g/mol. The van der Waals surface area contributed by atoms with Crippen molar-refractivity contribution in [1.82, 2.24) is 0 Å². The molecule has 0 fully saturated rings. The third-order valence-electron chi connectivity index (χ3n) is 3.13. The van der Waals surface area contributed by atoms with Crippen LogP contribution in [0.15, 0.2) is 40.9 Å². The van der Waals surface area contributed by atoms with E-state index in [1.807, 2.05) is 6.07 Å². The molecule has 0 spiro atoms. The lowest BCUT2D eigenvalue weighted by Crippen LogP contribution is -2.12. The molecule has 1 amide bonds. The van der Waals surface area contributed by atoms with E-state index < -0.39 is 5.82 Å². The number of rotatable bonds is 2. The molecule has 0 atom stereocenters. The predicted molar refractivity (Wildman–Crippen MR) is 77.7 cm³/mol. The summed E-state index contributed by atoms with van der Waals surface area (Å²) in [5.41, 5.74) is 1.99. The fourth-order valence-corrected chi connectivity index (χ4v) is 2.35. The quantitative estimate of drug-likeness (QED) is 0.907. The van der Waals surface area contributed by atoms with Crippen molar-refractivity contribution >= 4 is 27.5 Å². The van der Waals surface area contributed by atoms with E-state index in [0.29, 0.717) is 22.3 Å². The van der Waals surface area contributed by atoms with Crippen LogP contribution in [-0.4, -0.2) is 12.5 Å². The van der Waals surface area contributed by atoms with E-state index in [-0.39, 0.29) is 5.91 Å². The number of hydrogen-bond acceptors (Lipinski definition) is 2. The molecule has 3 rings (SSSR count). The molecule has 3 nitrogen and oxygen atoms in total. The van der Waals surface area contributed by atoms with E-state index in [1.165, 1.54) is 6.07 Å². The summed E-state index contributed by atoms with van der Waals surface area (Å²) in [6.45, 7) is 0.651. The minimum absolute atomic E-state index is 0.263. The number of anilines is 1. The van der Waals surface area contributed by atoms with Crippen molar-refractivity contribution in [2.24, 2.45) is 0 Å². The van der Waals surface area contributed by atoms with Crippen LogP contribution in [0.5, 0.6) is 5.75 Å². The molecule has 0 saturated carbocycles. The lowest BCUT2D eigenvalue weighted by atomic mass is 10.1. The van der Waals surface area contributed by atoms with Gasteiger partial charge in [-0.1, -0.05) is 0 Å². The Hall–Kier alpha value is -1.88. The fraction of sp³-hybridized carbons (Fsp3) is 0.133. The molecule has 0 saturated heterocycles. The van der Waals surface area contributed by atoms with E-state index in [0.717, 1.165) is 17.7 Å². The number of amides is 1. The highest BCUT2D eigenvalue weighted by atomic mass is 79.9. The first-order valence-corrected chi connectivity index (χ1v) is 6.95. The highest BCUT2D eigenvalue weighted by Crippen LogP contribution is 2.26. The number of fused-ring (bicyclic) bond motifs is 1. The van der Waals surface area contributed by atoms with Crippen molar-refractivity contribution in [2.45, 2.75) is 6.42 Å². The van der Waals surface area contributed by atoms with Crippen LogP contribution in [0.25, 0.3) is 0 Å². The molecule has 5 heteroatoms. The molecule has 1 aliphatic rings. The van der Waals surface area contributed by atoms with Gasteiger partial charge in [-0.2, -0.15) is 0 Å². The Balaban J connectivity index is 1.80. The lowest BCUT2D eigenvalue weighted by molar-refractivity contribution is 0.102. The van der Waals surface area contributed by atoms with Gasteiger partial charge < -0.3 is 10.1 Å². The Labute approximate surface area is 123 Å². The van der Waals surface area contributed by atoms with Crippen molar-refractivity contribution in [3.63, 3.8) is 0 Å². The second-order valence-corrected chi connectivity index (χ2v) is 5.36. The zero-order valence-corrected chi connectivity index (χ0v) is 12.0. The van der Waals surface area contributed by atoms with Gasteiger partial charge in [0.1, 0.15) is 11.6 Å². The largest absolute Gasteiger partial charge is 0.493 e. The van der Waals surface area contributed by atoms with Crippen molar-refractivity contribution in [2.75, 3.05) is 11.9 Å². The molecule has 0 unspecified atom stereocenters. The molecule has 1 heterocycles. The summed E-state index contributed by atoms with van der Waals surface area (Å²) in [5, 5.41) is 2.68. The topological polar surface area (TPSA) is 38.3 Å². The normalized spacial score (nSPS) is 12.7. The minimum atomic E-state index is -0.412. The zero-order valence-electron chi connectivity index (χ0n) is 10.5. The van der Waals surface area contributed by atoms with Crippen molar-refractivity contribution in [3.8, 4) is 5.75 Å². The maximum absolute atomic E-state index is 13.4. The monoisotopic (exact) mass is 335 g/mol. The molecule has 0 aliphatic carbocycles. The first-order chi connectivity index (χ1) is 9.63. The van der Waals surface area contributed by atoms with Crippen LogP contribution in [0.4, 0.5) is 10.1 Å². The summed E-state index contributed by atoms with van der Waals surface area (Å²) in [6.07, 6.45) is 0.809. The number of ether oxygens (including phenoxy) is 1. The van der Waals surface area contributed by atoms with Crippen molar-refractivity contribution in [3.05, 3.63) is 57.8 Å². The van der Waals surface area contributed by atoms with Gasteiger partial charge in [0.25, 0.3) is 5.91 Å². The Morgan fingerprint density at radius 3 is 2.90 bits per heavy atom. The van der Waals surface area contributed by atoms with Gasteiger partial charge in [-0.05, 0) is 57.9 Å². The highest BCUT2D eigenvalue weighted by molar-refractivity contribution is 9.10. The van der Waals surface area contributed by atoms with Gasteiger partial charge in [0.15, 0.2) is 0 Å².